The molecule has 3 atom stereocenters. The van der Waals surface area contributed by atoms with Crippen molar-refractivity contribution in [3.63, 3.8) is 0 Å². The zero-order valence-corrected chi connectivity index (χ0v) is 14.1. The molecule has 0 bridgehead atoms. The molecular weight excluding hydrogens is 258 g/mol. The van der Waals surface area contributed by atoms with Crippen LogP contribution in [-0.4, -0.2) is 35.1 Å². The van der Waals surface area contributed by atoms with Crippen LogP contribution < -0.4 is 5.32 Å². The van der Waals surface area contributed by atoms with Crippen LogP contribution in [0, 0.1) is 12.8 Å². The molecule has 1 N–H and O–H groups in total. The second kappa shape index (κ2) is 7.90. The van der Waals surface area contributed by atoms with Gasteiger partial charge in [0.25, 0.3) is 0 Å². The van der Waals surface area contributed by atoms with Crippen molar-refractivity contribution in [1.82, 2.24) is 15.2 Å². The summed E-state index contributed by atoms with van der Waals surface area (Å²) < 4.78 is 0. The van der Waals surface area contributed by atoms with Gasteiger partial charge in [-0.25, -0.2) is 0 Å². The largest absolute Gasteiger partial charge is 0.311 e. The number of aryl methyl sites for hydroxylation is 1. The summed E-state index contributed by atoms with van der Waals surface area (Å²) in [4.78, 5) is 7.02. The quantitative estimate of drug-likeness (QED) is 0.870. The van der Waals surface area contributed by atoms with Crippen LogP contribution in [0.1, 0.15) is 51.2 Å². The van der Waals surface area contributed by atoms with Crippen LogP contribution in [0.4, 0.5) is 0 Å². The summed E-state index contributed by atoms with van der Waals surface area (Å²) in [5, 5.41) is 3.77. The lowest BCUT2D eigenvalue weighted by molar-refractivity contribution is 0.0959. The highest BCUT2D eigenvalue weighted by Gasteiger charge is 2.29. The number of piperazine rings is 1. The van der Waals surface area contributed by atoms with E-state index in [0.717, 1.165) is 25.6 Å². The van der Waals surface area contributed by atoms with Crippen LogP contribution in [-0.2, 0) is 6.54 Å². The minimum absolute atomic E-state index is 0.626. The number of pyridine rings is 1. The molecule has 0 aliphatic carbocycles. The molecule has 3 heteroatoms. The molecule has 0 saturated carbocycles. The van der Waals surface area contributed by atoms with Crippen LogP contribution in [0.25, 0.3) is 0 Å². The van der Waals surface area contributed by atoms with Crippen LogP contribution in [0.5, 0.6) is 0 Å². The third-order valence-corrected chi connectivity index (χ3v) is 4.83. The maximum atomic E-state index is 4.35. The van der Waals surface area contributed by atoms with E-state index in [4.69, 9.17) is 0 Å². The van der Waals surface area contributed by atoms with Crippen LogP contribution >= 0.6 is 0 Å². The zero-order chi connectivity index (χ0) is 15.2. The van der Waals surface area contributed by atoms with Gasteiger partial charge in [-0.2, -0.15) is 0 Å². The van der Waals surface area contributed by atoms with Gasteiger partial charge >= 0.3 is 0 Å². The van der Waals surface area contributed by atoms with Crippen molar-refractivity contribution >= 4 is 0 Å². The molecule has 1 aliphatic rings. The van der Waals surface area contributed by atoms with Crippen molar-refractivity contribution in [3.05, 3.63) is 29.6 Å². The monoisotopic (exact) mass is 289 g/mol. The summed E-state index contributed by atoms with van der Waals surface area (Å²) in [7, 11) is 0. The lowest BCUT2D eigenvalue weighted by atomic mass is 9.94. The predicted molar refractivity (Wildman–Crippen MR) is 89.3 cm³/mol. The van der Waals surface area contributed by atoms with Gasteiger partial charge in [0.1, 0.15) is 0 Å². The van der Waals surface area contributed by atoms with Gasteiger partial charge in [0.15, 0.2) is 0 Å². The molecule has 0 radical (unpaired) electrons. The predicted octanol–water partition coefficient (Wildman–Crippen LogP) is 3.38. The van der Waals surface area contributed by atoms with Gasteiger partial charge in [-0.1, -0.05) is 39.7 Å². The SMILES string of the molecule is CCCC1CNC(C(C)CC)CN1Cc1cncc(C)c1. The fourth-order valence-electron chi connectivity index (χ4n) is 3.30. The van der Waals surface area contributed by atoms with Crippen molar-refractivity contribution < 1.29 is 0 Å². The van der Waals surface area contributed by atoms with Gasteiger partial charge < -0.3 is 5.32 Å². The molecule has 2 rings (SSSR count). The van der Waals surface area contributed by atoms with E-state index in [1.807, 2.05) is 12.4 Å². The Morgan fingerprint density at radius 2 is 2.19 bits per heavy atom. The fraction of sp³-hybridized carbons (Fsp3) is 0.722. The van der Waals surface area contributed by atoms with E-state index < -0.39 is 0 Å². The average Bonchev–Trinajstić information content (AvgIpc) is 2.48. The van der Waals surface area contributed by atoms with E-state index in [-0.39, 0.29) is 0 Å². The van der Waals surface area contributed by atoms with Gasteiger partial charge in [0, 0.05) is 44.1 Å². The smallest absolute Gasteiger partial charge is 0.0313 e. The van der Waals surface area contributed by atoms with Crippen LogP contribution in [0.3, 0.4) is 0 Å². The molecule has 0 amide bonds. The Hall–Kier alpha value is -0.930. The molecule has 21 heavy (non-hydrogen) atoms. The third-order valence-electron chi connectivity index (χ3n) is 4.83. The molecular formula is C18H31N3. The second-order valence-electron chi connectivity index (χ2n) is 6.64. The van der Waals surface area contributed by atoms with E-state index in [1.54, 1.807) is 0 Å². The van der Waals surface area contributed by atoms with E-state index in [0.29, 0.717) is 12.1 Å². The summed E-state index contributed by atoms with van der Waals surface area (Å²) in [5.74, 6) is 0.741. The minimum atomic E-state index is 0.626. The molecule has 118 valence electrons. The highest BCUT2D eigenvalue weighted by atomic mass is 15.2. The molecule has 1 aliphatic heterocycles. The summed E-state index contributed by atoms with van der Waals surface area (Å²) in [6, 6.07) is 3.56. The standard InChI is InChI=1S/C18H31N3/c1-5-7-17-11-20-18(15(4)6-2)13-21(17)12-16-8-14(3)9-19-10-16/h8-10,15,17-18,20H,5-7,11-13H2,1-4H3. The zero-order valence-electron chi connectivity index (χ0n) is 14.1. The highest BCUT2D eigenvalue weighted by molar-refractivity contribution is 5.16. The molecule has 3 unspecified atom stereocenters. The first-order valence-corrected chi connectivity index (χ1v) is 8.52. The van der Waals surface area contributed by atoms with Gasteiger partial charge in [-0.05, 0) is 30.4 Å². The van der Waals surface area contributed by atoms with Crippen LogP contribution in [0.15, 0.2) is 18.5 Å². The Labute approximate surface area is 130 Å². The number of nitrogens with one attached hydrogen (secondary N) is 1. The Balaban J connectivity index is 2.06. The second-order valence-corrected chi connectivity index (χ2v) is 6.64. The summed E-state index contributed by atoms with van der Waals surface area (Å²) in [6.45, 7) is 12.4. The van der Waals surface area contributed by atoms with E-state index >= 15 is 0 Å². The van der Waals surface area contributed by atoms with Crippen molar-refractivity contribution in [3.8, 4) is 0 Å². The summed E-state index contributed by atoms with van der Waals surface area (Å²) in [5.41, 5.74) is 2.61. The van der Waals surface area contributed by atoms with Gasteiger partial charge in [-0.15, -0.1) is 0 Å². The normalized spacial score (nSPS) is 25.0. The Kier molecular flexibility index (Phi) is 6.19. The molecule has 1 aromatic heterocycles. The first-order valence-electron chi connectivity index (χ1n) is 8.52. The number of hydrogen-bond acceptors (Lipinski definition) is 3. The average molecular weight is 289 g/mol. The Bertz CT molecular complexity index is 432. The maximum Gasteiger partial charge on any atom is 0.0313 e. The first-order chi connectivity index (χ1) is 10.1. The molecule has 0 aromatic carbocycles. The van der Waals surface area contributed by atoms with E-state index in [1.165, 1.54) is 30.4 Å². The van der Waals surface area contributed by atoms with E-state index in [9.17, 15) is 0 Å². The lowest BCUT2D eigenvalue weighted by Gasteiger charge is -2.42. The van der Waals surface area contributed by atoms with Gasteiger partial charge in [0.2, 0.25) is 0 Å². The van der Waals surface area contributed by atoms with Crippen molar-refractivity contribution in [2.45, 2.75) is 65.6 Å². The molecule has 1 saturated heterocycles. The van der Waals surface area contributed by atoms with Crippen LogP contribution in [0.2, 0.25) is 0 Å². The highest BCUT2D eigenvalue weighted by Crippen LogP contribution is 2.20. The van der Waals surface area contributed by atoms with Gasteiger partial charge in [0.05, 0.1) is 0 Å². The minimum Gasteiger partial charge on any atom is -0.311 e. The number of aromatic nitrogens is 1. The fourth-order valence-corrected chi connectivity index (χ4v) is 3.30. The molecule has 1 aromatic rings. The number of rotatable bonds is 6. The first kappa shape index (κ1) is 16.4. The van der Waals surface area contributed by atoms with Crippen molar-refractivity contribution in [2.75, 3.05) is 13.1 Å². The van der Waals surface area contributed by atoms with Gasteiger partial charge in [-0.3, -0.25) is 9.88 Å². The lowest BCUT2D eigenvalue weighted by Crippen LogP contribution is -2.57. The summed E-state index contributed by atoms with van der Waals surface area (Å²) >= 11 is 0. The molecule has 1 fully saturated rings. The van der Waals surface area contributed by atoms with Crippen molar-refractivity contribution in [1.29, 1.82) is 0 Å². The number of nitrogens with zero attached hydrogens (tertiary/aromatic N) is 2. The van der Waals surface area contributed by atoms with Crippen molar-refractivity contribution in [2.24, 2.45) is 5.92 Å². The molecule has 3 nitrogen and oxygen atoms in total. The topological polar surface area (TPSA) is 28.2 Å². The maximum absolute atomic E-state index is 4.35. The molecule has 0 spiro atoms. The summed E-state index contributed by atoms with van der Waals surface area (Å²) in [6.07, 6.45) is 7.74. The third kappa shape index (κ3) is 4.52. The molecule has 2 heterocycles. The number of hydrogen-bond donors (Lipinski definition) is 1. The van der Waals surface area contributed by atoms with E-state index in [2.05, 4.69) is 49.0 Å². The Morgan fingerprint density at radius 3 is 2.86 bits per heavy atom. The Morgan fingerprint density at radius 1 is 1.38 bits per heavy atom.